The van der Waals surface area contributed by atoms with Crippen molar-refractivity contribution in [2.24, 2.45) is 0 Å². The highest BCUT2D eigenvalue weighted by Gasteiger charge is 2.50. The maximum atomic E-state index is 15.3. The van der Waals surface area contributed by atoms with Gasteiger partial charge in [0.15, 0.2) is 11.0 Å². The number of piperazine rings is 1. The molecule has 2 aromatic heterocycles. The molecule has 6 rings (SSSR count). The third kappa shape index (κ3) is 4.59. The molecule has 0 unspecified atom stereocenters. The van der Waals surface area contributed by atoms with Crippen LogP contribution in [0.15, 0.2) is 6.20 Å². The van der Waals surface area contributed by atoms with Gasteiger partial charge in [0.05, 0.1) is 23.3 Å². The predicted molar refractivity (Wildman–Crippen MR) is 145 cm³/mol. The van der Waals surface area contributed by atoms with E-state index in [2.05, 4.69) is 20.9 Å². The average molecular weight is 575 g/mol. The normalized spacial score (nSPS) is 28.2. The van der Waals surface area contributed by atoms with E-state index >= 15 is 4.39 Å². The van der Waals surface area contributed by atoms with Crippen molar-refractivity contribution in [1.29, 1.82) is 5.26 Å². The number of aromatic nitrogens is 2. The van der Waals surface area contributed by atoms with Crippen LogP contribution in [0.25, 0.3) is 10.9 Å². The number of ether oxygens (including phenoxy) is 2. The van der Waals surface area contributed by atoms with Crippen molar-refractivity contribution in [3.05, 3.63) is 22.7 Å². The van der Waals surface area contributed by atoms with Crippen molar-refractivity contribution in [2.45, 2.75) is 82.3 Å². The van der Waals surface area contributed by atoms with Crippen LogP contribution in [0, 0.1) is 17.1 Å². The Bertz CT molecular complexity index is 1380. The van der Waals surface area contributed by atoms with Gasteiger partial charge in [-0.2, -0.15) is 5.26 Å². The lowest BCUT2D eigenvalue weighted by atomic mass is 9.95. The molecule has 0 aliphatic carbocycles. The molecule has 0 radical (unpaired) electrons. The van der Waals surface area contributed by atoms with E-state index in [4.69, 9.17) is 21.1 Å². The zero-order valence-corrected chi connectivity index (χ0v) is 23.7. The van der Waals surface area contributed by atoms with Gasteiger partial charge in [-0.3, -0.25) is 9.80 Å². The van der Waals surface area contributed by atoms with Crippen LogP contribution in [0.1, 0.15) is 58.4 Å². The Balaban J connectivity index is 1.37. The van der Waals surface area contributed by atoms with Gasteiger partial charge in [0.1, 0.15) is 35.5 Å². The molecule has 1 amide bonds. The molecule has 2 aromatic rings. The molecule has 0 N–H and O–H groups in total. The summed E-state index contributed by atoms with van der Waals surface area (Å²) in [5.41, 5.74) is -0.497. The van der Waals surface area contributed by atoms with E-state index in [9.17, 15) is 14.4 Å². The SMILES string of the molecule is CC(C)(C)OC(=O)N1[C@@H]2CC[C@H]1CN(c1c(C#N)c(OC[C@@]34CCCN3C[C@H](F)C4)nc3c(F)c(Cl)ncc13)C2. The van der Waals surface area contributed by atoms with E-state index in [1.165, 1.54) is 6.20 Å². The van der Waals surface area contributed by atoms with E-state index in [1.807, 2.05) is 25.7 Å². The molecule has 0 spiro atoms. The highest BCUT2D eigenvalue weighted by molar-refractivity contribution is 6.30. The number of pyridine rings is 2. The standard InChI is InChI=1S/C28H33ClF2N6O3/c1-27(2,3)40-26(38)37-17-5-6-18(37)14-35(13-17)23-19(10-32)25(34-22-20(23)11-33-24(29)21(22)31)39-15-28-7-4-8-36(28)12-16(30)9-28/h11,16-18H,4-9,12-15H2,1-3H3/t16-,17-,18+,28+/m1/s1. The van der Waals surface area contributed by atoms with Crippen LogP contribution in [0.4, 0.5) is 19.3 Å². The number of rotatable bonds is 4. The number of amides is 1. The van der Waals surface area contributed by atoms with Crippen molar-refractivity contribution in [3.63, 3.8) is 0 Å². The summed E-state index contributed by atoms with van der Waals surface area (Å²) >= 11 is 6.03. The van der Waals surface area contributed by atoms with Crippen LogP contribution in [0.5, 0.6) is 5.88 Å². The second kappa shape index (κ2) is 9.84. The molecular formula is C28H33ClF2N6O3. The van der Waals surface area contributed by atoms with Gasteiger partial charge in [0.25, 0.3) is 0 Å². The van der Waals surface area contributed by atoms with Crippen LogP contribution < -0.4 is 9.64 Å². The molecule has 214 valence electrons. The van der Waals surface area contributed by atoms with Crippen LogP contribution >= 0.6 is 11.6 Å². The second-order valence-electron chi connectivity index (χ2n) is 12.4. The molecule has 4 aliphatic rings. The van der Waals surface area contributed by atoms with Crippen molar-refractivity contribution in [1.82, 2.24) is 19.8 Å². The molecule has 4 atom stereocenters. The summed E-state index contributed by atoms with van der Waals surface area (Å²) in [6, 6.07) is 1.97. The first-order valence-electron chi connectivity index (χ1n) is 13.9. The number of nitriles is 1. The number of nitrogens with zero attached hydrogens (tertiary/aromatic N) is 6. The average Bonchev–Trinajstić information content (AvgIpc) is 3.50. The highest BCUT2D eigenvalue weighted by Crippen LogP contribution is 2.43. The number of carbonyl (C=O) groups excluding carboxylic acids is 1. The van der Waals surface area contributed by atoms with Gasteiger partial charge in [0.2, 0.25) is 5.88 Å². The van der Waals surface area contributed by atoms with E-state index in [1.54, 1.807) is 4.90 Å². The van der Waals surface area contributed by atoms with Gasteiger partial charge in [-0.15, -0.1) is 0 Å². The molecule has 9 nitrogen and oxygen atoms in total. The second-order valence-corrected chi connectivity index (χ2v) is 12.8. The third-order valence-electron chi connectivity index (χ3n) is 8.62. The lowest BCUT2D eigenvalue weighted by molar-refractivity contribution is 0.0123. The summed E-state index contributed by atoms with van der Waals surface area (Å²) in [5.74, 6) is -0.799. The van der Waals surface area contributed by atoms with Gasteiger partial charge in [-0.25, -0.2) is 23.5 Å². The fourth-order valence-electron chi connectivity index (χ4n) is 7.01. The van der Waals surface area contributed by atoms with Crippen LogP contribution in [-0.2, 0) is 4.74 Å². The quantitative estimate of drug-likeness (QED) is 0.479. The minimum atomic E-state index is -0.932. The monoisotopic (exact) mass is 574 g/mol. The Labute approximate surface area is 237 Å². The summed E-state index contributed by atoms with van der Waals surface area (Å²) in [6.45, 7) is 7.67. The largest absolute Gasteiger partial charge is 0.475 e. The van der Waals surface area contributed by atoms with Crippen LogP contribution in [0.3, 0.4) is 0 Å². The molecule has 4 aliphatic heterocycles. The molecule has 12 heteroatoms. The zero-order valence-electron chi connectivity index (χ0n) is 22.9. The van der Waals surface area contributed by atoms with Crippen LogP contribution in [-0.4, -0.2) is 88.0 Å². The van der Waals surface area contributed by atoms with E-state index in [-0.39, 0.29) is 46.9 Å². The fraction of sp³-hybridized carbons (Fsp3) is 0.643. The molecule has 40 heavy (non-hydrogen) atoms. The number of hydrogen-bond donors (Lipinski definition) is 0. The van der Waals surface area contributed by atoms with Crippen molar-refractivity contribution < 1.29 is 23.0 Å². The molecule has 2 bridgehead atoms. The summed E-state index contributed by atoms with van der Waals surface area (Å²) in [6.07, 6.45) is 3.80. The fourth-order valence-corrected chi connectivity index (χ4v) is 7.15. The van der Waals surface area contributed by atoms with Crippen molar-refractivity contribution in [2.75, 3.05) is 37.7 Å². The summed E-state index contributed by atoms with van der Waals surface area (Å²) in [5, 5.41) is 10.4. The Morgan fingerprint density at radius 2 is 2.00 bits per heavy atom. The number of hydrogen-bond acceptors (Lipinski definition) is 8. The van der Waals surface area contributed by atoms with E-state index in [0.717, 1.165) is 32.2 Å². The maximum Gasteiger partial charge on any atom is 0.410 e. The molecule has 4 fully saturated rings. The Morgan fingerprint density at radius 1 is 1.27 bits per heavy atom. The Hall–Kier alpha value is -2.97. The molecular weight excluding hydrogens is 542 g/mol. The van der Waals surface area contributed by atoms with Gasteiger partial charge in [-0.1, -0.05) is 11.6 Å². The number of fused-ring (bicyclic) bond motifs is 4. The Morgan fingerprint density at radius 3 is 2.67 bits per heavy atom. The summed E-state index contributed by atoms with van der Waals surface area (Å²) < 4.78 is 41.5. The number of halogens is 3. The number of alkyl halides is 1. The highest BCUT2D eigenvalue weighted by atomic mass is 35.5. The van der Waals surface area contributed by atoms with Crippen LogP contribution in [0.2, 0.25) is 5.15 Å². The Kier molecular flexibility index (Phi) is 6.69. The number of anilines is 1. The van der Waals surface area contributed by atoms with E-state index in [0.29, 0.717) is 37.1 Å². The van der Waals surface area contributed by atoms with Crippen molar-refractivity contribution >= 4 is 34.3 Å². The maximum absolute atomic E-state index is 15.3. The minimum Gasteiger partial charge on any atom is -0.475 e. The molecule has 0 saturated carbocycles. The van der Waals surface area contributed by atoms with Gasteiger partial charge < -0.3 is 14.4 Å². The van der Waals surface area contributed by atoms with Gasteiger partial charge in [-0.05, 0) is 53.0 Å². The lowest BCUT2D eigenvalue weighted by Crippen LogP contribution is -2.57. The lowest BCUT2D eigenvalue weighted by Gasteiger charge is -2.42. The predicted octanol–water partition coefficient (Wildman–Crippen LogP) is 4.84. The first kappa shape index (κ1) is 27.2. The van der Waals surface area contributed by atoms with E-state index < -0.39 is 23.1 Å². The zero-order chi connectivity index (χ0) is 28.4. The number of carbonyl (C=O) groups is 1. The smallest absolute Gasteiger partial charge is 0.410 e. The molecule has 0 aromatic carbocycles. The first-order valence-corrected chi connectivity index (χ1v) is 14.2. The summed E-state index contributed by atoms with van der Waals surface area (Å²) in [4.78, 5) is 27.3. The first-order chi connectivity index (χ1) is 19.0. The third-order valence-corrected chi connectivity index (χ3v) is 8.89. The van der Waals surface area contributed by atoms with Gasteiger partial charge >= 0.3 is 6.09 Å². The topological polar surface area (TPSA) is 94.8 Å². The molecule has 4 saturated heterocycles. The van der Waals surface area contributed by atoms with Gasteiger partial charge in [0, 0.05) is 37.6 Å². The minimum absolute atomic E-state index is 0.00313. The molecule has 6 heterocycles. The van der Waals surface area contributed by atoms with Crippen molar-refractivity contribution in [3.8, 4) is 11.9 Å². The summed E-state index contributed by atoms with van der Waals surface area (Å²) in [7, 11) is 0.